The summed E-state index contributed by atoms with van der Waals surface area (Å²) in [5.74, 6) is 0.0893. The van der Waals surface area contributed by atoms with Crippen molar-refractivity contribution < 1.29 is 9.53 Å². The zero-order valence-electron chi connectivity index (χ0n) is 15.5. The number of carbonyl (C=O) groups excluding carboxylic acids is 1. The van der Waals surface area contributed by atoms with Crippen LogP contribution in [0.5, 0.6) is 0 Å². The Labute approximate surface area is 156 Å². The Morgan fingerprint density at radius 1 is 1.12 bits per heavy atom. The molecule has 1 aliphatic heterocycles. The van der Waals surface area contributed by atoms with Crippen molar-refractivity contribution in [2.45, 2.75) is 38.2 Å². The van der Waals surface area contributed by atoms with E-state index < -0.39 is 0 Å². The Morgan fingerprint density at radius 3 is 2.58 bits per heavy atom. The van der Waals surface area contributed by atoms with Crippen molar-refractivity contribution in [3.63, 3.8) is 0 Å². The minimum Gasteiger partial charge on any atom is -0.380 e. The Kier molecular flexibility index (Phi) is 6.67. The van der Waals surface area contributed by atoms with Crippen LogP contribution in [-0.2, 0) is 16.0 Å². The third-order valence-electron chi connectivity index (χ3n) is 4.96. The monoisotopic (exact) mass is 352 g/mol. The lowest BCUT2D eigenvalue weighted by Gasteiger charge is -2.18. The number of benzene rings is 2. The van der Waals surface area contributed by atoms with Crippen molar-refractivity contribution in [3.05, 3.63) is 60.2 Å². The topological polar surface area (TPSA) is 41.6 Å². The largest absolute Gasteiger partial charge is 0.380 e. The average Bonchev–Trinajstić information content (AvgIpc) is 3.16. The van der Waals surface area contributed by atoms with Crippen molar-refractivity contribution in [2.75, 3.05) is 30.4 Å². The molecule has 3 rings (SSSR count). The van der Waals surface area contributed by atoms with E-state index in [1.54, 1.807) is 7.11 Å². The highest BCUT2D eigenvalue weighted by Crippen LogP contribution is 2.23. The van der Waals surface area contributed by atoms with Crippen LogP contribution in [0.3, 0.4) is 0 Å². The third kappa shape index (κ3) is 5.33. The van der Waals surface area contributed by atoms with E-state index in [-0.39, 0.29) is 5.91 Å². The second kappa shape index (κ2) is 9.39. The van der Waals surface area contributed by atoms with Gasteiger partial charge in [0.1, 0.15) is 0 Å². The summed E-state index contributed by atoms with van der Waals surface area (Å²) in [4.78, 5) is 14.4. The molecule has 4 nitrogen and oxygen atoms in total. The Bertz CT molecular complexity index is 685. The van der Waals surface area contributed by atoms with Crippen LogP contribution < -0.4 is 10.2 Å². The molecule has 2 aromatic carbocycles. The van der Waals surface area contributed by atoms with Crippen LogP contribution in [0.15, 0.2) is 54.6 Å². The summed E-state index contributed by atoms with van der Waals surface area (Å²) in [6.07, 6.45) is 4.93. The molecule has 0 saturated carbocycles. The molecule has 1 saturated heterocycles. The number of hydrogen-bond acceptors (Lipinski definition) is 3. The van der Waals surface area contributed by atoms with Gasteiger partial charge in [0.2, 0.25) is 5.91 Å². The molecule has 1 heterocycles. The highest BCUT2D eigenvalue weighted by molar-refractivity contribution is 5.90. The highest BCUT2D eigenvalue weighted by Gasteiger charge is 2.22. The molecule has 1 aliphatic rings. The van der Waals surface area contributed by atoms with Crippen LogP contribution in [0.2, 0.25) is 0 Å². The lowest BCUT2D eigenvalue weighted by Crippen LogP contribution is -2.22. The Hall–Kier alpha value is -2.33. The number of methoxy groups -OCH3 is 1. The first kappa shape index (κ1) is 18.5. The van der Waals surface area contributed by atoms with Crippen LogP contribution in [0.1, 0.15) is 31.2 Å². The van der Waals surface area contributed by atoms with Gasteiger partial charge >= 0.3 is 0 Å². The number of nitrogens with zero attached hydrogens (tertiary/aromatic N) is 1. The van der Waals surface area contributed by atoms with Gasteiger partial charge in [0.05, 0.1) is 6.10 Å². The van der Waals surface area contributed by atoms with Gasteiger partial charge in [-0.2, -0.15) is 0 Å². The van der Waals surface area contributed by atoms with Gasteiger partial charge in [-0.05, 0) is 55.5 Å². The van der Waals surface area contributed by atoms with E-state index in [1.165, 1.54) is 11.3 Å². The van der Waals surface area contributed by atoms with Crippen molar-refractivity contribution in [3.8, 4) is 0 Å². The number of aryl methyl sites for hydroxylation is 1. The summed E-state index contributed by atoms with van der Waals surface area (Å²) >= 11 is 0. The van der Waals surface area contributed by atoms with Crippen LogP contribution >= 0.6 is 0 Å². The van der Waals surface area contributed by atoms with Crippen molar-refractivity contribution in [1.29, 1.82) is 0 Å². The van der Waals surface area contributed by atoms with Gasteiger partial charge in [-0.25, -0.2) is 0 Å². The summed E-state index contributed by atoms with van der Waals surface area (Å²) in [7, 11) is 1.77. The molecular weight excluding hydrogens is 324 g/mol. The maximum atomic E-state index is 12.1. The van der Waals surface area contributed by atoms with Gasteiger partial charge in [0.15, 0.2) is 0 Å². The Morgan fingerprint density at radius 2 is 1.88 bits per heavy atom. The molecule has 2 aromatic rings. The van der Waals surface area contributed by atoms with E-state index in [2.05, 4.69) is 46.6 Å². The number of amides is 1. The van der Waals surface area contributed by atoms with Gasteiger partial charge in [-0.15, -0.1) is 0 Å². The van der Waals surface area contributed by atoms with Gasteiger partial charge < -0.3 is 15.0 Å². The van der Waals surface area contributed by atoms with Crippen LogP contribution in [0, 0.1) is 0 Å². The van der Waals surface area contributed by atoms with E-state index in [0.717, 1.165) is 44.5 Å². The van der Waals surface area contributed by atoms with Gasteiger partial charge in [0.25, 0.3) is 0 Å². The van der Waals surface area contributed by atoms with Gasteiger partial charge in [-0.3, -0.25) is 4.79 Å². The first-order chi connectivity index (χ1) is 12.7. The Balaban J connectivity index is 1.39. The number of unbranched alkanes of at least 4 members (excludes halogenated alkanes) is 1. The fourth-order valence-corrected chi connectivity index (χ4v) is 3.39. The van der Waals surface area contributed by atoms with E-state index in [0.29, 0.717) is 12.5 Å². The zero-order valence-corrected chi connectivity index (χ0v) is 15.5. The van der Waals surface area contributed by atoms with Crippen LogP contribution in [0.25, 0.3) is 0 Å². The minimum absolute atomic E-state index is 0.0893. The predicted octanol–water partition coefficient (Wildman–Crippen LogP) is 4.26. The number of carbonyl (C=O) groups is 1. The van der Waals surface area contributed by atoms with Gasteiger partial charge in [-0.1, -0.05) is 30.3 Å². The number of nitrogens with one attached hydrogen (secondary N) is 1. The standard InChI is InChI=1S/C22H28N2O2/c1-26-21-15-16-24(17-21)20-13-11-19(12-14-20)23-22(25)10-6-5-9-18-7-3-2-4-8-18/h2-4,7-8,11-14,21H,5-6,9-10,15-17H2,1H3,(H,23,25). The van der Waals surface area contributed by atoms with E-state index >= 15 is 0 Å². The fraction of sp³-hybridized carbons (Fsp3) is 0.409. The molecule has 0 aromatic heterocycles. The SMILES string of the molecule is COC1CCN(c2ccc(NC(=O)CCCCc3ccccc3)cc2)C1. The molecule has 0 spiro atoms. The quantitative estimate of drug-likeness (QED) is 0.722. The second-order valence-corrected chi connectivity index (χ2v) is 6.88. The van der Waals surface area contributed by atoms with E-state index in [1.807, 2.05) is 18.2 Å². The smallest absolute Gasteiger partial charge is 0.224 e. The van der Waals surface area contributed by atoms with Crippen LogP contribution in [0.4, 0.5) is 11.4 Å². The normalized spacial score (nSPS) is 16.7. The molecule has 0 radical (unpaired) electrons. The third-order valence-corrected chi connectivity index (χ3v) is 4.96. The summed E-state index contributed by atoms with van der Waals surface area (Å²) in [6, 6.07) is 18.5. The molecule has 1 fully saturated rings. The first-order valence-electron chi connectivity index (χ1n) is 9.46. The number of anilines is 2. The number of ether oxygens (including phenoxy) is 1. The summed E-state index contributed by atoms with van der Waals surface area (Å²) in [6.45, 7) is 1.95. The number of hydrogen-bond donors (Lipinski definition) is 1. The predicted molar refractivity (Wildman–Crippen MR) is 107 cm³/mol. The summed E-state index contributed by atoms with van der Waals surface area (Å²) < 4.78 is 5.42. The molecule has 26 heavy (non-hydrogen) atoms. The summed E-state index contributed by atoms with van der Waals surface area (Å²) in [5, 5.41) is 3.00. The average molecular weight is 352 g/mol. The maximum Gasteiger partial charge on any atom is 0.224 e. The minimum atomic E-state index is 0.0893. The van der Waals surface area contributed by atoms with E-state index in [4.69, 9.17) is 4.74 Å². The molecule has 1 N–H and O–H groups in total. The molecule has 4 heteroatoms. The summed E-state index contributed by atoms with van der Waals surface area (Å²) in [5.41, 5.74) is 3.39. The zero-order chi connectivity index (χ0) is 18.2. The van der Waals surface area contributed by atoms with Crippen LogP contribution in [-0.4, -0.2) is 32.2 Å². The molecule has 138 valence electrons. The fourth-order valence-electron chi connectivity index (χ4n) is 3.39. The van der Waals surface area contributed by atoms with Crippen molar-refractivity contribution >= 4 is 17.3 Å². The van der Waals surface area contributed by atoms with Crippen molar-refractivity contribution in [1.82, 2.24) is 0 Å². The molecule has 1 unspecified atom stereocenters. The maximum absolute atomic E-state index is 12.1. The molecule has 1 amide bonds. The lowest BCUT2D eigenvalue weighted by atomic mass is 10.1. The van der Waals surface area contributed by atoms with Crippen molar-refractivity contribution in [2.24, 2.45) is 0 Å². The molecule has 1 atom stereocenters. The van der Waals surface area contributed by atoms with Gasteiger partial charge in [0, 0.05) is 38.0 Å². The molecule has 0 aliphatic carbocycles. The first-order valence-corrected chi connectivity index (χ1v) is 9.46. The molecular formula is C22H28N2O2. The molecule has 0 bridgehead atoms. The number of rotatable bonds is 8. The lowest BCUT2D eigenvalue weighted by molar-refractivity contribution is -0.116. The van der Waals surface area contributed by atoms with E-state index in [9.17, 15) is 4.79 Å². The highest BCUT2D eigenvalue weighted by atomic mass is 16.5. The second-order valence-electron chi connectivity index (χ2n) is 6.88.